The zero-order valence-electron chi connectivity index (χ0n) is 10.2. The van der Waals surface area contributed by atoms with E-state index < -0.39 is 0 Å². The van der Waals surface area contributed by atoms with Crippen molar-refractivity contribution in [2.75, 3.05) is 20.3 Å². The first-order valence-electron chi connectivity index (χ1n) is 5.80. The first-order chi connectivity index (χ1) is 8.61. The van der Waals surface area contributed by atoms with Crippen LogP contribution in [0.1, 0.15) is 5.56 Å². The molecule has 0 amide bonds. The van der Waals surface area contributed by atoms with Crippen LogP contribution in [0.15, 0.2) is 22.7 Å². The molecule has 18 heavy (non-hydrogen) atoms. The van der Waals surface area contributed by atoms with Gasteiger partial charge >= 0.3 is 0 Å². The highest BCUT2D eigenvalue weighted by Crippen LogP contribution is 2.26. The Morgan fingerprint density at radius 1 is 1.56 bits per heavy atom. The number of hydrogen-bond acceptors (Lipinski definition) is 4. The predicted octanol–water partition coefficient (Wildman–Crippen LogP) is 1.54. The summed E-state index contributed by atoms with van der Waals surface area (Å²) in [6, 6.07) is 5.47. The van der Waals surface area contributed by atoms with Gasteiger partial charge in [0.15, 0.2) is 0 Å². The van der Waals surface area contributed by atoms with Gasteiger partial charge < -0.3 is 15.2 Å². The Kier molecular flexibility index (Phi) is 4.37. The van der Waals surface area contributed by atoms with Gasteiger partial charge in [-0.15, -0.1) is 0 Å². The number of Topliss-reactive ketones (excluding diaryl/α,β-unsaturated/α-hetero) is 1. The third-order valence-electron chi connectivity index (χ3n) is 3.13. The van der Waals surface area contributed by atoms with Gasteiger partial charge in [0.05, 0.1) is 30.7 Å². The average molecular weight is 314 g/mol. The molecule has 0 radical (unpaired) electrons. The summed E-state index contributed by atoms with van der Waals surface area (Å²) >= 11 is 3.41. The van der Waals surface area contributed by atoms with E-state index in [1.807, 2.05) is 18.2 Å². The molecule has 1 fully saturated rings. The molecule has 5 heteroatoms. The fraction of sp³-hybridized carbons (Fsp3) is 0.462. The second-order valence-corrected chi connectivity index (χ2v) is 5.27. The van der Waals surface area contributed by atoms with E-state index in [1.54, 1.807) is 7.11 Å². The third kappa shape index (κ3) is 2.91. The van der Waals surface area contributed by atoms with E-state index in [1.165, 1.54) is 0 Å². The highest BCUT2D eigenvalue weighted by atomic mass is 79.9. The molecule has 1 saturated heterocycles. The summed E-state index contributed by atoms with van der Waals surface area (Å²) in [5.74, 6) is 0.718. The summed E-state index contributed by atoms with van der Waals surface area (Å²) in [7, 11) is 1.61. The number of methoxy groups -OCH3 is 1. The van der Waals surface area contributed by atoms with Crippen LogP contribution < -0.4 is 10.5 Å². The molecule has 0 aliphatic carbocycles. The molecule has 0 bridgehead atoms. The van der Waals surface area contributed by atoms with Crippen LogP contribution in [0.5, 0.6) is 5.75 Å². The van der Waals surface area contributed by atoms with Crippen molar-refractivity contribution >= 4 is 21.7 Å². The second kappa shape index (κ2) is 5.82. The number of ether oxygens (including phenoxy) is 2. The van der Waals surface area contributed by atoms with Gasteiger partial charge in [-0.25, -0.2) is 0 Å². The summed E-state index contributed by atoms with van der Waals surface area (Å²) in [6.45, 7) is 0.917. The smallest absolute Gasteiger partial charge is 0.144 e. The lowest BCUT2D eigenvalue weighted by molar-refractivity contribution is -0.122. The number of carbonyl (C=O) groups excluding carboxylic acids is 1. The van der Waals surface area contributed by atoms with Crippen LogP contribution in [-0.2, 0) is 16.0 Å². The summed E-state index contributed by atoms with van der Waals surface area (Å²) in [5.41, 5.74) is 6.78. The molecule has 1 aliphatic heterocycles. The molecule has 2 unspecified atom stereocenters. The zero-order chi connectivity index (χ0) is 13.1. The molecule has 4 nitrogen and oxygen atoms in total. The van der Waals surface area contributed by atoms with Crippen molar-refractivity contribution in [2.45, 2.75) is 12.5 Å². The Bertz CT molecular complexity index is 450. The Hall–Kier alpha value is -0.910. The summed E-state index contributed by atoms with van der Waals surface area (Å²) in [4.78, 5) is 12.1. The largest absolute Gasteiger partial charge is 0.496 e. The first-order valence-corrected chi connectivity index (χ1v) is 6.59. The van der Waals surface area contributed by atoms with Crippen molar-refractivity contribution in [3.05, 3.63) is 28.2 Å². The summed E-state index contributed by atoms with van der Waals surface area (Å²) in [6.07, 6.45) is 0.379. The Morgan fingerprint density at radius 2 is 2.33 bits per heavy atom. The maximum Gasteiger partial charge on any atom is 0.144 e. The highest BCUT2D eigenvalue weighted by molar-refractivity contribution is 9.10. The number of ketones is 1. The molecule has 98 valence electrons. The lowest BCUT2D eigenvalue weighted by Gasteiger charge is -2.12. The molecular formula is C13H16BrNO3. The third-order valence-corrected chi connectivity index (χ3v) is 3.75. The maximum absolute atomic E-state index is 12.1. The minimum atomic E-state index is -0.175. The average Bonchev–Trinajstić information content (AvgIpc) is 2.76. The number of hydrogen-bond donors (Lipinski definition) is 1. The molecular weight excluding hydrogens is 298 g/mol. The molecule has 2 atom stereocenters. The van der Waals surface area contributed by atoms with E-state index in [0.29, 0.717) is 19.6 Å². The van der Waals surface area contributed by atoms with Crippen molar-refractivity contribution in [1.82, 2.24) is 0 Å². The van der Waals surface area contributed by atoms with Gasteiger partial charge in [0.25, 0.3) is 0 Å². The van der Waals surface area contributed by atoms with Crippen molar-refractivity contribution in [3.8, 4) is 5.75 Å². The van der Waals surface area contributed by atoms with Crippen LogP contribution in [0, 0.1) is 5.92 Å². The summed E-state index contributed by atoms with van der Waals surface area (Å²) in [5, 5.41) is 0. The number of carbonyl (C=O) groups is 1. The van der Waals surface area contributed by atoms with Crippen molar-refractivity contribution < 1.29 is 14.3 Å². The van der Waals surface area contributed by atoms with Gasteiger partial charge in [-0.3, -0.25) is 4.79 Å². The van der Waals surface area contributed by atoms with E-state index in [-0.39, 0.29) is 17.7 Å². The lowest BCUT2D eigenvalue weighted by Crippen LogP contribution is -2.34. The molecule has 0 aromatic heterocycles. The Labute approximate surface area is 115 Å². The molecule has 1 aromatic carbocycles. The van der Waals surface area contributed by atoms with E-state index in [2.05, 4.69) is 15.9 Å². The number of benzene rings is 1. The fourth-order valence-corrected chi connectivity index (χ4v) is 2.64. The minimum absolute atomic E-state index is 0.136. The van der Waals surface area contributed by atoms with Crippen molar-refractivity contribution in [2.24, 2.45) is 11.7 Å². The lowest BCUT2D eigenvalue weighted by atomic mass is 9.94. The van der Waals surface area contributed by atoms with Gasteiger partial charge in [0, 0.05) is 12.5 Å². The van der Waals surface area contributed by atoms with Crippen LogP contribution in [0.2, 0.25) is 0 Å². The molecule has 0 saturated carbocycles. The van der Waals surface area contributed by atoms with E-state index in [9.17, 15) is 4.79 Å². The molecule has 1 aliphatic rings. The monoisotopic (exact) mass is 313 g/mol. The molecule has 1 aromatic rings. The van der Waals surface area contributed by atoms with Gasteiger partial charge in [-0.05, 0) is 33.6 Å². The number of nitrogens with two attached hydrogens (primary N) is 1. The minimum Gasteiger partial charge on any atom is -0.496 e. The first kappa shape index (κ1) is 13.5. The molecule has 0 spiro atoms. The van der Waals surface area contributed by atoms with Crippen molar-refractivity contribution in [1.29, 1.82) is 0 Å². The number of rotatable bonds is 4. The van der Waals surface area contributed by atoms with E-state index in [4.69, 9.17) is 15.2 Å². The topological polar surface area (TPSA) is 61.5 Å². The second-order valence-electron chi connectivity index (χ2n) is 4.42. The molecule has 2 N–H and O–H groups in total. The van der Waals surface area contributed by atoms with Gasteiger partial charge in [0.2, 0.25) is 0 Å². The highest BCUT2D eigenvalue weighted by Gasteiger charge is 2.30. The SMILES string of the molecule is COc1ccc(CC(=O)C2COCC2N)cc1Br. The van der Waals surface area contributed by atoms with Crippen molar-refractivity contribution in [3.63, 3.8) is 0 Å². The van der Waals surface area contributed by atoms with Crippen LogP contribution >= 0.6 is 15.9 Å². The fourth-order valence-electron chi connectivity index (χ4n) is 2.05. The normalized spacial score (nSPS) is 23.1. The van der Waals surface area contributed by atoms with Crippen LogP contribution in [-0.4, -0.2) is 32.1 Å². The van der Waals surface area contributed by atoms with Gasteiger partial charge in [0.1, 0.15) is 11.5 Å². The summed E-state index contributed by atoms with van der Waals surface area (Å²) < 4.78 is 11.2. The quantitative estimate of drug-likeness (QED) is 0.916. The van der Waals surface area contributed by atoms with Gasteiger partial charge in [-0.2, -0.15) is 0 Å². The predicted molar refractivity (Wildman–Crippen MR) is 71.7 cm³/mol. The van der Waals surface area contributed by atoms with E-state index >= 15 is 0 Å². The number of halogens is 1. The van der Waals surface area contributed by atoms with Gasteiger partial charge in [-0.1, -0.05) is 6.07 Å². The zero-order valence-corrected chi connectivity index (χ0v) is 11.8. The standard InChI is InChI=1S/C13H16BrNO3/c1-17-13-3-2-8(4-10(13)14)5-12(16)9-6-18-7-11(9)15/h2-4,9,11H,5-7,15H2,1H3. The molecule has 1 heterocycles. The maximum atomic E-state index is 12.1. The Balaban J connectivity index is 2.05. The molecule has 2 rings (SSSR count). The van der Waals surface area contributed by atoms with Crippen LogP contribution in [0.3, 0.4) is 0 Å². The van der Waals surface area contributed by atoms with E-state index in [0.717, 1.165) is 15.8 Å². The van der Waals surface area contributed by atoms with Crippen LogP contribution in [0.4, 0.5) is 0 Å². The van der Waals surface area contributed by atoms with Crippen LogP contribution in [0.25, 0.3) is 0 Å². The Morgan fingerprint density at radius 3 is 2.89 bits per heavy atom.